The lowest BCUT2D eigenvalue weighted by molar-refractivity contribution is 0.304. The molecule has 0 aliphatic rings. The third kappa shape index (κ3) is 4.36. The first-order chi connectivity index (χ1) is 7.61. The second-order valence-electron chi connectivity index (χ2n) is 5.14. The summed E-state index contributed by atoms with van der Waals surface area (Å²) < 4.78 is 0. The van der Waals surface area contributed by atoms with E-state index in [2.05, 4.69) is 51.1 Å². The highest BCUT2D eigenvalue weighted by molar-refractivity contribution is 5.14. The molecule has 2 atom stereocenters. The summed E-state index contributed by atoms with van der Waals surface area (Å²) in [4.78, 5) is 0. The van der Waals surface area contributed by atoms with Crippen LogP contribution in [0.1, 0.15) is 39.2 Å². The highest BCUT2D eigenvalue weighted by Gasteiger charge is 2.16. The monoisotopic (exact) mass is 219 g/mol. The van der Waals surface area contributed by atoms with Crippen LogP contribution in [0.15, 0.2) is 30.3 Å². The van der Waals surface area contributed by atoms with E-state index in [0.29, 0.717) is 17.9 Å². The molecule has 1 rings (SSSR count). The maximum Gasteiger partial charge on any atom is 0.00412 e. The maximum absolute atomic E-state index is 6.02. The zero-order valence-corrected chi connectivity index (χ0v) is 10.8. The molecule has 0 aliphatic carbocycles. The molecule has 2 unspecified atom stereocenters. The van der Waals surface area contributed by atoms with Gasteiger partial charge in [0.15, 0.2) is 0 Å². The number of nitrogens with two attached hydrogens (primary N) is 1. The van der Waals surface area contributed by atoms with E-state index in [1.807, 2.05) is 0 Å². The van der Waals surface area contributed by atoms with Crippen LogP contribution in [0.4, 0.5) is 0 Å². The third-order valence-corrected chi connectivity index (χ3v) is 3.38. The van der Waals surface area contributed by atoms with Crippen LogP contribution < -0.4 is 5.73 Å². The second-order valence-corrected chi connectivity index (χ2v) is 5.14. The van der Waals surface area contributed by atoms with E-state index in [4.69, 9.17) is 5.73 Å². The molecular formula is C15H25N. The van der Waals surface area contributed by atoms with Crippen molar-refractivity contribution in [3.8, 4) is 0 Å². The molecule has 1 heteroatoms. The summed E-state index contributed by atoms with van der Waals surface area (Å²) in [7, 11) is 0. The van der Waals surface area contributed by atoms with Crippen molar-refractivity contribution in [2.45, 2.75) is 46.1 Å². The van der Waals surface area contributed by atoms with Gasteiger partial charge in [-0.15, -0.1) is 0 Å². The van der Waals surface area contributed by atoms with Crippen LogP contribution in [0.25, 0.3) is 0 Å². The standard InChI is InChI=1S/C15H25N/c1-12(2)15(13(3)16)11-7-10-14-8-5-4-6-9-14/h4-6,8-9,12-13,15H,7,10-11,16H2,1-3H3. The topological polar surface area (TPSA) is 26.0 Å². The largest absolute Gasteiger partial charge is 0.328 e. The Morgan fingerprint density at radius 1 is 1.06 bits per heavy atom. The molecule has 1 aromatic rings. The predicted molar refractivity (Wildman–Crippen MR) is 71.4 cm³/mol. The van der Waals surface area contributed by atoms with Crippen LogP contribution in [0, 0.1) is 11.8 Å². The van der Waals surface area contributed by atoms with Gasteiger partial charge in [-0.05, 0) is 43.6 Å². The first kappa shape index (κ1) is 13.2. The summed E-state index contributed by atoms with van der Waals surface area (Å²) in [5.74, 6) is 1.35. The van der Waals surface area contributed by atoms with E-state index >= 15 is 0 Å². The van der Waals surface area contributed by atoms with Gasteiger partial charge in [0, 0.05) is 6.04 Å². The predicted octanol–water partition coefficient (Wildman–Crippen LogP) is 3.63. The van der Waals surface area contributed by atoms with Gasteiger partial charge >= 0.3 is 0 Å². The fourth-order valence-electron chi connectivity index (χ4n) is 2.39. The van der Waals surface area contributed by atoms with Crippen molar-refractivity contribution >= 4 is 0 Å². The van der Waals surface area contributed by atoms with E-state index in [1.165, 1.54) is 24.8 Å². The lowest BCUT2D eigenvalue weighted by Crippen LogP contribution is -2.30. The van der Waals surface area contributed by atoms with Crippen molar-refractivity contribution in [2.24, 2.45) is 17.6 Å². The van der Waals surface area contributed by atoms with Crippen LogP contribution in [0.3, 0.4) is 0 Å². The summed E-state index contributed by atoms with van der Waals surface area (Å²) in [5, 5.41) is 0. The van der Waals surface area contributed by atoms with E-state index in [9.17, 15) is 0 Å². The lowest BCUT2D eigenvalue weighted by atomic mass is 9.85. The Bertz CT molecular complexity index is 269. The highest BCUT2D eigenvalue weighted by Crippen LogP contribution is 2.21. The SMILES string of the molecule is CC(C)C(CCCc1ccccc1)C(C)N. The Balaban J connectivity index is 2.34. The van der Waals surface area contributed by atoms with E-state index < -0.39 is 0 Å². The van der Waals surface area contributed by atoms with Crippen molar-refractivity contribution in [1.82, 2.24) is 0 Å². The zero-order valence-electron chi connectivity index (χ0n) is 10.8. The summed E-state index contributed by atoms with van der Waals surface area (Å²) in [6, 6.07) is 11.0. The van der Waals surface area contributed by atoms with Gasteiger partial charge in [0.25, 0.3) is 0 Å². The molecule has 0 radical (unpaired) electrons. The molecule has 0 amide bonds. The minimum atomic E-state index is 0.316. The molecular weight excluding hydrogens is 194 g/mol. The smallest absolute Gasteiger partial charge is 0.00412 e. The second kappa shape index (κ2) is 6.70. The summed E-state index contributed by atoms with van der Waals surface area (Å²) in [6.07, 6.45) is 3.66. The van der Waals surface area contributed by atoms with E-state index in [0.717, 1.165) is 0 Å². The van der Waals surface area contributed by atoms with Gasteiger partial charge < -0.3 is 5.73 Å². The fourth-order valence-corrected chi connectivity index (χ4v) is 2.39. The first-order valence-electron chi connectivity index (χ1n) is 6.40. The number of hydrogen-bond donors (Lipinski definition) is 1. The van der Waals surface area contributed by atoms with Crippen molar-refractivity contribution in [2.75, 3.05) is 0 Å². The number of benzene rings is 1. The molecule has 16 heavy (non-hydrogen) atoms. The Hall–Kier alpha value is -0.820. The van der Waals surface area contributed by atoms with Gasteiger partial charge in [0.2, 0.25) is 0 Å². The number of rotatable bonds is 6. The quantitative estimate of drug-likeness (QED) is 0.777. The molecule has 1 aromatic carbocycles. The lowest BCUT2D eigenvalue weighted by Gasteiger charge is -2.24. The van der Waals surface area contributed by atoms with E-state index in [1.54, 1.807) is 0 Å². The van der Waals surface area contributed by atoms with Crippen LogP contribution >= 0.6 is 0 Å². The third-order valence-electron chi connectivity index (χ3n) is 3.38. The molecule has 0 fully saturated rings. The molecule has 1 nitrogen and oxygen atoms in total. The molecule has 0 aromatic heterocycles. The molecule has 0 saturated heterocycles. The molecule has 2 N–H and O–H groups in total. The highest BCUT2D eigenvalue weighted by atomic mass is 14.6. The van der Waals surface area contributed by atoms with Gasteiger partial charge in [-0.25, -0.2) is 0 Å². The molecule has 90 valence electrons. The van der Waals surface area contributed by atoms with Crippen molar-refractivity contribution in [3.05, 3.63) is 35.9 Å². The first-order valence-corrected chi connectivity index (χ1v) is 6.40. The molecule has 0 spiro atoms. The number of hydrogen-bond acceptors (Lipinski definition) is 1. The van der Waals surface area contributed by atoms with Gasteiger partial charge in [-0.2, -0.15) is 0 Å². The molecule has 0 saturated carbocycles. The van der Waals surface area contributed by atoms with Crippen molar-refractivity contribution < 1.29 is 0 Å². The number of aryl methyl sites for hydroxylation is 1. The molecule has 0 heterocycles. The van der Waals surface area contributed by atoms with Crippen molar-refractivity contribution in [3.63, 3.8) is 0 Å². The summed E-state index contributed by atoms with van der Waals surface area (Å²) >= 11 is 0. The normalized spacial score (nSPS) is 15.1. The van der Waals surface area contributed by atoms with Crippen LogP contribution in [-0.2, 0) is 6.42 Å². The Labute approximate surface area is 100 Å². The van der Waals surface area contributed by atoms with Gasteiger partial charge in [-0.3, -0.25) is 0 Å². The van der Waals surface area contributed by atoms with Gasteiger partial charge in [-0.1, -0.05) is 44.2 Å². The zero-order chi connectivity index (χ0) is 12.0. The Morgan fingerprint density at radius 3 is 2.19 bits per heavy atom. The average molecular weight is 219 g/mol. The van der Waals surface area contributed by atoms with Crippen LogP contribution in [0.5, 0.6) is 0 Å². The average Bonchev–Trinajstić information content (AvgIpc) is 2.24. The van der Waals surface area contributed by atoms with Crippen LogP contribution in [-0.4, -0.2) is 6.04 Å². The van der Waals surface area contributed by atoms with Gasteiger partial charge in [0.1, 0.15) is 0 Å². The summed E-state index contributed by atoms with van der Waals surface area (Å²) in [6.45, 7) is 6.68. The van der Waals surface area contributed by atoms with Crippen molar-refractivity contribution in [1.29, 1.82) is 0 Å². The van der Waals surface area contributed by atoms with Gasteiger partial charge in [0.05, 0.1) is 0 Å². The Kier molecular flexibility index (Phi) is 5.54. The minimum absolute atomic E-state index is 0.316. The van der Waals surface area contributed by atoms with Crippen LogP contribution in [0.2, 0.25) is 0 Å². The maximum atomic E-state index is 6.02. The minimum Gasteiger partial charge on any atom is -0.328 e. The Morgan fingerprint density at radius 2 is 1.69 bits per heavy atom. The molecule has 0 bridgehead atoms. The fraction of sp³-hybridized carbons (Fsp3) is 0.600. The molecule has 0 aliphatic heterocycles. The summed E-state index contributed by atoms with van der Waals surface area (Å²) in [5.41, 5.74) is 7.46. The van der Waals surface area contributed by atoms with E-state index in [-0.39, 0.29) is 0 Å².